The van der Waals surface area contributed by atoms with Crippen molar-refractivity contribution < 1.29 is 5.11 Å². The zero-order valence-corrected chi connectivity index (χ0v) is 11.2. The molecule has 0 saturated carbocycles. The second-order valence-electron chi connectivity index (χ2n) is 5.70. The minimum atomic E-state index is -0.591. The first kappa shape index (κ1) is 13.2. The van der Waals surface area contributed by atoms with Gasteiger partial charge in [0, 0.05) is 6.42 Å². The van der Waals surface area contributed by atoms with E-state index in [1.807, 2.05) is 6.92 Å². The molecule has 90 valence electrons. The summed E-state index contributed by atoms with van der Waals surface area (Å²) in [6, 6.07) is 6.44. The molecule has 1 aromatic carbocycles. The van der Waals surface area contributed by atoms with E-state index in [0.29, 0.717) is 5.92 Å². The molecule has 1 unspecified atom stereocenters. The van der Waals surface area contributed by atoms with Gasteiger partial charge in [0.05, 0.1) is 5.60 Å². The molecule has 0 aliphatic carbocycles. The van der Waals surface area contributed by atoms with Crippen molar-refractivity contribution in [3.63, 3.8) is 0 Å². The lowest BCUT2D eigenvalue weighted by molar-refractivity contribution is 0.0387. The topological polar surface area (TPSA) is 20.2 Å². The van der Waals surface area contributed by atoms with Gasteiger partial charge in [-0.3, -0.25) is 0 Å². The van der Waals surface area contributed by atoms with Crippen LogP contribution in [-0.4, -0.2) is 10.7 Å². The van der Waals surface area contributed by atoms with Gasteiger partial charge in [-0.05, 0) is 44.2 Å². The Kier molecular flexibility index (Phi) is 4.15. The molecule has 1 rings (SSSR count). The van der Waals surface area contributed by atoms with E-state index in [1.54, 1.807) is 0 Å². The number of rotatable bonds is 4. The Morgan fingerprint density at radius 1 is 1.25 bits per heavy atom. The average molecular weight is 220 g/mol. The Labute approximate surface area is 99.5 Å². The fourth-order valence-electron chi connectivity index (χ4n) is 2.35. The Morgan fingerprint density at radius 3 is 2.44 bits per heavy atom. The molecular weight excluding hydrogens is 196 g/mol. The second kappa shape index (κ2) is 5.01. The lowest BCUT2D eigenvalue weighted by Crippen LogP contribution is -2.29. The van der Waals surface area contributed by atoms with Gasteiger partial charge in [-0.2, -0.15) is 0 Å². The van der Waals surface area contributed by atoms with Gasteiger partial charge in [0.2, 0.25) is 0 Å². The van der Waals surface area contributed by atoms with Crippen LogP contribution >= 0.6 is 0 Å². The smallest absolute Gasteiger partial charge is 0.0662 e. The lowest BCUT2D eigenvalue weighted by Gasteiger charge is -2.26. The van der Waals surface area contributed by atoms with Crippen molar-refractivity contribution in [1.82, 2.24) is 0 Å². The van der Waals surface area contributed by atoms with Gasteiger partial charge in [-0.1, -0.05) is 37.6 Å². The van der Waals surface area contributed by atoms with Gasteiger partial charge in [0.15, 0.2) is 0 Å². The highest BCUT2D eigenvalue weighted by Gasteiger charge is 2.22. The van der Waals surface area contributed by atoms with Crippen LogP contribution in [0.4, 0.5) is 0 Å². The molecule has 0 radical (unpaired) electrons. The summed E-state index contributed by atoms with van der Waals surface area (Å²) in [4.78, 5) is 0. The van der Waals surface area contributed by atoms with Gasteiger partial charge in [-0.15, -0.1) is 0 Å². The summed E-state index contributed by atoms with van der Waals surface area (Å²) in [5, 5.41) is 10.4. The molecule has 0 fully saturated rings. The largest absolute Gasteiger partial charge is 0.390 e. The molecule has 1 nitrogen and oxygen atoms in total. The molecule has 0 aliphatic heterocycles. The van der Waals surface area contributed by atoms with Crippen LogP contribution in [0.25, 0.3) is 0 Å². The maximum atomic E-state index is 10.4. The third kappa shape index (κ3) is 3.97. The second-order valence-corrected chi connectivity index (χ2v) is 5.70. The van der Waals surface area contributed by atoms with E-state index < -0.39 is 5.60 Å². The minimum absolute atomic E-state index is 0.528. The van der Waals surface area contributed by atoms with Crippen LogP contribution in [-0.2, 0) is 6.42 Å². The molecular formula is C15H24O. The van der Waals surface area contributed by atoms with Crippen molar-refractivity contribution in [2.45, 2.75) is 53.1 Å². The number of hydrogen-bond acceptors (Lipinski definition) is 1. The Morgan fingerprint density at radius 2 is 1.88 bits per heavy atom. The molecule has 16 heavy (non-hydrogen) atoms. The summed E-state index contributed by atoms with van der Waals surface area (Å²) >= 11 is 0. The third-order valence-corrected chi connectivity index (χ3v) is 2.92. The van der Waals surface area contributed by atoms with E-state index in [4.69, 9.17) is 0 Å². The molecule has 0 heterocycles. The van der Waals surface area contributed by atoms with E-state index in [-0.39, 0.29) is 0 Å². The number of aliphatic hydroxyl groups is 1. The van der Waals surface area contributed by atoms with Crippen LogP contribution < -0.4 is 0 Å². The Hall–Kier alpha value is -0.820. The summed E-state index contributed by atoms with van der Waals surface area (Å²) in [6.45, 7) is 10.4. The summed E-state index contributed by atoms with van der Waals surface area (Å²) in [5.41, 5.74) is 3.22. The van der Waals surface area contributed by atoms with Crippen LogP contribution in [0, 0.1) is 19.8 Å². The van der Waals surface area contributed by atoms with Crippen molar-refractivity contribution >= 4 is 0 Å². The normalized spacial score (nSPS) is 15.2. The Bertz CT molecular complexity index is 350. The molecule has 1 aromatic rings. The monoisotopic (exact) mass is 220 g/mol. The molecule has 0 spiro atoms. The van der Waals surface area contributed by atoms with Gasteiger partial charge in [0.25, 0.3) is 0 Å². The predicted octanol–water partition coefficient (Wildman–Crippen LogP) is 3.64. The van der Waals surface area contributed by atoms with E-state index in [2.05, 4.69) is 45.9 Å². The molecule has 0 aliphatic rings. The quantitative estimate of drug-likeness (QED) is 0.821. The standard InChI is InChI=1S/C15H24O/c1-11(2)9-15(5,16)10-14-8-12(3)6-7-13(14)4/h6-8,11,16H,9-10H2,1-5H3. The first-order chi connectivity index (χ1) is 7.30. The highest BCUT2D eigenvalue weighted by atomic mass is 16.3. The summed E-state index contributed by atoms with van der Waals surface area (Å²) in [7, 11) is 0. The van der Waals surface area contributed by atoms with Crippen molar-refractivity contribution in [3.05, 3.63) is 34.9 Å². The number of benzene rings is 1. The molecule has 1 atom stereocenters. The van der Waals surface area contributed by atoms with Gasteiger partial charge >= 0.3 is 0 Å². The zero-order valence-electron chi connectivity index (χ0n) is 11.2. The molecule has 0 saturated heterocycles. The van der Waals surface area contributed by atoms with Crippen LogP contribution in [0.15, 0.2) is 18.2 Å². The van der Waals surface area contributed by atoms with Crippen LogP contribution in [0.5, 0.6) is 0 Å². The molecule has 0 bridgehead atoms. The number of hydrogen-bond donors (Lipinski definition) is 1. The molecule has 0 aromatic heterocycles. The third-order valence-electron chi connectivity index (χ3n) is 2.92. The van der Waals surface area contributed by atoms with E-state index in [9.17, 15) is 5.11 Å². The van der Waals surface area contributed by atoms with Gasteiger partial charge < -0.3 is 5.11 Å². The van der Waals surface area contributed by atoms with E-state index in [1.165, 1.54) is 16.7 Å². The van der Waals surface area contributed by atoms with Crippen LogP contribution in [0.2, 0.25) is 0 Å². The zero-order chi connectivity index (χ0) is 12.3. The van der Waals surface area contributed by atoms with E-state index >= 15 is 0 Å². The maximum Gasteiger partial charge on any atom is 0.0662 e. The summed E-state index contributed by atoms with van der Waals surface area (Å²) in [5.74, 6) is 0.528. The minimum Gasteiger partial charge on any atom is -0.390 e. The first-order valence-corrected chi connectivity index (χ1v) is 6.09. The predicted molar refractivity (Wildman–Crippen MR) is 69.7 cm³/mol. The summed E-state index contributed by atoms with van der Waals surface area (Å²) in [6.07, 6.45) is 1.60. The maximum absolute atomic E-state index is 10.4. The van der Waals surface area contributed by atoms with Crippen molar-refractivity contribution in [2.75, 3.05) is 0 Å². The SMILES string of the molecule is Cc1ccc(C)c(CC(C)(O)CC(C)C)c1. The molecule has 1 N–H and O–H groups in total. The van der Waals surface area contributed by atoms with Crippen molar-refractivity contribution in [2.24, 2.45) is 5.92 Å². The first-order valence-electron chi connectivity index (χ1n) is 6.09. The highest BCUT2D eigenvalue weighted by molar-refractivity contribution is 5.31. The fraction of sp³-hybridized carbons (Fsp3) is 0.600. The van der Waals surface area contributed by atoms with Gasteiger partial charge in [0.1, 0.15) is 0 Å². The Balaban J connectivity index is 2.82. The lowest BCUT2D eigenvalue weighted by atomic mass is 9.86. The number of aryl methyl sites for hydroxylation is 2. The van der Waals surface area contributed by atoms with Crippen LogP contribution in [0.1, 0.15) is 43.9 Å². The highest BCUT2D eigenvalue weighted by Crippen LogP contribution is 2.23. The molecule has 0 amide bonds. The van der Waals surface area contributed by atoms with Gasteiger partial charge in [-0.25, -0.2) is 0 Å². The van der Waals surface area contributed by atoms with Crippen molar-refractivity contribution in [3.8, 4) is 0 Å². The fourth-order valence-corrected chi connectivity index (χ4v) is 2.35. The average Bonchev–Trinajstić information content (AvgIpc) is 2.08. The summed E-state index contributed by atoms with van der Waals surface area (Å²) < 4.78 is 0. The van der Waals surface area contributed by atoms with Crippen molar-refractivity contribution in [1.29, 1.82) is 0 Å². The molecule has 1 heteroatoms. The van der Waals surface area contributed by atoms with E-state index in [0.717, 1.165) is 12.8 Å². The van der Waals surface area contributed by atoms with Crippen LogP contribution in [0.3, 0.4) is 0 Å².